The lowest BCUT2D eigenvalue weighted by molar-refractivity contribution is -0.134. The Morgan fingerprint density at radius 3 is 2.42 bits per heavy atom. The fourth-order valence-electron chi connectivity index (χ4n) is 2.59. The van der Waals surface area contributed by atoms with Gasteiger partial charge in [-0.15, -0.1) is 0 Å². The van der Waals surface area contributed by atoms with E-state index in [9.17, 15) is 9.59 Å². The van der Waals surface area contributed by atoms with E-state index in [1.807, 2.05) is 55.5 Å². The summed E-state index contributed by atoms with van der Waals surface area (Å²) in [5.74, 6) is -0.440. The first-order chi connectivity index (χ1) is 11.5. The Balaban J connectivity index is 1.64. The van der Waals surface area contributed by atoms with Crippen molar-refractivity contribution in [3.63, 3.8) is 0 Å². The predicted molar refractivity (Wildman–Crippen MR) is 97.5 cm³/mol. The van der Waals surface area contributed by atoms with E-state index >= 15 is 0 Å². The van der Waals surface area contributed by atoms with Gasteiger partial charge in [-0.25, -0.2) is 0 Å². The van der Waals surface area contributed by atoms with Gasteiger partial charge in [-0.1, -0.05) is 36.4 Å². The molecule has 2 N–H and O–H groups in total. The normalized spacial score (nSPS) is 14.8. The van der Waals surface area contributed by atoms with E-state index < -0.39 is 5.41 Å². The summed E-state index contributed by atoms with van der Waals surface area (Å²) in [6.45, 7) is 2.42. The largest absolute Gasteiger partial charge is 0.351 e. The highest BCUT2D eigenvalue weighted by Crippen LogP contribution is 2.47. The Bertz CT molecular complexity index is 770. The number of carbonyl (C=O) groups is 2. The van der Waals surface area contributed by atoms with Gasteiger partial charge in [0.05, 0.1) is 5.69 Å². The molecule has 2 aromatic rings. The lowest BCUT2D eigenvalue weighted by Crippen LogP contribution is -2.39. The van der Waals surface area contributed by atoms with Gasteiger partial charge in [-0.3, -0.25) is 9.59 Å². The van der Waals surface area contributed by atoms with E-state index in [0.717, 1.165) is 15.6 Å². The number of amides is 2. The number of hydrogen-bond acceptors (Lipinski definition) is 2. The zero-order valence-electron chi connectivity index (χ0n) is 13.4. The molecule has 0 heterocycles. The van der Waals surface area contributed by atoms with Crippen molar-refractivity contribution >= 4 is 33.4 Å². The number of rotatable bonds is 5. The summed E-state index contributed by atoms with van der Waals surface area (Å²) < 4.78 is 0.816. The van der Waals surface area contributed by atoms with Gasteiger partial charge in [0.1, 0.15) is 5.41 Å². The highest BCUT2D eigenvalue weighted by molar-refractivity contribution is 9.10. The average Bonchev–Trinajstić information content (AvgIpc) is 3.38. The molecule has 1 aliphatic rings. The van der Waals surface area contributed by atoms with E-state index in [1.165, 1.54) is 0 Å². The first-order valence-electron chi connectivity index (χ1n) is 7.91. The van der Waals surface area contributed by atoms with Crippen LogP contribution in [0.2, 0.25) is 0 Å². The van der Waals surface area contributed by atoms with Crippen LogP contribution in [0, 0.1) is 12.3 Å². The summed E-state index contributed by atoms with van der Waals surface area (Å²) in [5, 5.41) is 5.75. The van der Waals surface area contributed by atoms with Gasteiger partial charge < -0.3 is 10.6 Å². The molecule has 0 bridgehead atoms. The highest BCUT2D eigenvalue weighted by Gasteiger charge is 2.56. The van der Waals surface area contributed by atoms with Crippen molar-refractivity contribution in [1.82, 2.24) is 5.32 Å². The van der Waals surface area contributed by atoms with Crippen molar-refractivity contribution in [2.45, 2.75) is 26.3 Å². The first-order valence-corrected chi connectivity index (χ1v) is 8.70. The van der Waals surface area contributed by atoms with Gasteiger partial charge >= 0.3 is 0 Å². The molecule has 2 amide bonds. The summed E-state index contributed by atoms with van der Waals surface area (Å²) in [6, 6.07) is 15.4. The average molecular weight is 387 g/mol. The van der Waals surface area contributed by atoms with Crippen molar-refractivity contribution in [2.24, 2.45) is 5.41 Å². The van der Waals surface area contributed by atoms with Crippen molar-refractivity contribution in [1.29, 1.82) is 0 Å². The van der Waals surface area contributed by atoms with Crippen LogP contribution >= 0.6 is 15.9 Å². The minimum Gasteiger partial charge on any atom is -0.351 e. The lowest BCUT2D eigenvalue weighted by atomic mass is 10.0. The Hall–Kier alpha value is -2.14. The van der Waals surface area contributed by atoms with Crippen LogP contribution in [0.3, 0.4) is 0 Å². The Morgan fingerprint density at radius 1 is 1.08 bits per heavy atom. The first kappa shape index (κ1) is 16.7. The fourth-order valence-corrected chi connectivity index (χ4v) is 3.19. The van der Waals surface area contributed by atoms with Crippen LogP contribution < -0.4 is 10.6 Å². The monoisotopic (exact) mass is 386 g/mol. The number of benzene rings is 2. The molecule has 0 aromatic heterocycles. The molecular weight excluding hydrogens is 368 g/mol. The molecule has 124 valence electrons. The van der Waals surface area contributed by atoms with Crippen LogP contribution in [-0.2, 0) is 16.1 Å². The standard InChI is InChI=1S/C19H19BrN2O2/c1-13-7-8-16(15(20)11-13)22-18(24)19(9-10-19)17(23)21-12-14-5-3-2-4-6-14/h2-8,11H,9-10,12H2,1H3,(H,21,23)(H,22,24). The van der Waals surface area contributed by atoms with E-state index in [2.05, 4.69) is 26.6 Å². The van der Waals surface area contributed by atoms with Gasteiger partial charge in [0.15, 0.2) is 0 Å². The maximum absolute atomic E-state index is 12.6. The third-order valence-electron chi connectivity index (χ3n) is 4.29. The molecule has 3 rings (SSSR count). The summed E-state index contributed by atoms with van der Waals surface area (Å²) in [7, 11) is 0. The third-order valence-corrected chi connectivity index (χ3v) is 4.94. The second-order valence-electron chi connectivity index (χ2n) is 6.19. The quantitative estimate of drug-likeness (QED) is 0.767. The van der Waals surface area contributed by atoms with Gasteiger partial charge in [-0.2, -0.15) is 0 Å². The van der Waals surface area contributed by atoms with E-state index in [1.54, 1.807) is 0 Å². The predicted octanol–water partition coefficient (Wildman–Crippen LogP) is 3.79. The number of aryl methyl sites for hydroxylation is 1. The number of halogens is 1. The summed E-state index contributed by atoms with van der Waals surface area (Å²) in [5.41, 5.74) is 1.87. The minimum atomic E-state index is -0.931. The molecule has 4 nitrogen and oxygen atoms in total. The molecule has 5 heteroatoms. The molecule has 0 saturated heterocycles. The minimum absolute atomic E-state index is 0.202. The smallest absolute Gasteiger partial charge is 0.240 e. The maximum atomic E-state index is 12.6. The van der Waals surface area contributed by atoms with Crippen molar-refractivity contribution in [2.75, 3.05) is 5.32 Å². The van der Waals surface area contributed by atoms with Crippen molar-refractivity contribution in [3.05, 3.63) is 64.1 Å². The molecule has 1 aliphatic carbocycles. The highest BCUT2D eigenvalue weighted by atomic mass is 79.9. The molecule has 0 atom stereocenters. The second-order valence-corrected chi connectivity index (χ2v) is 7.04. The van der Waals surface area contributed by atoms with Gasteiger partial charge in [0.25, 0.3) is 0 Å². The van der Waals surface area contributed by atoms with E-state index in [4.69, 9.17) is 0 Å². The third kappa shape index (κ3) is 3.51. The molecule has 24 heavy (non-hydrogen) atoms. The van der Waals surface area contributed by atoms with Gasteiger partial charge in [-0.05, 0) is 59.0 Å². The SMILES string of the molecule is Cc1ccc(NC(=O)C2(C(=O)NCc3ccccc3)CC2)c(Br)c1. The summed E-state index contributed by atoms with van der Waals surface area (Å²) in [4.78, 5) is 25.1. The number of nitrogens with one attached hydrogen (secondary N) is 2. The van der Waals surface area contributed by atoms with Crippen molar-refractivity contribution < 1.29 is 9.59 Å². The van der Waals surface area contributed by atoms with Crippen molar-refractivity contribution in [3.8, 4) is 0 Å². The van der Waals surface area contributed by atoms with Gasteiger partial charge in [0, 0.05) is 11.0 Å². The molecule has 0 radical (unpaired) electrons. The van der Waals surface area contributed by atoms with Crippen LogP contribution in [0.25, 0.3) is 0 Å². The molecule has 0 unspecified atom stereocenters. The van der Waals surface area contributed by atoms with Gasteiger partial charge in [0.2, 0.25) is 11.8 Å². The van der Waals surface area contributed by atoms with Crippen LogP contribution in [0.4, 0.5) is 5.69 Å². The molecule has 0 aliphatic heterocycles. The fraction of sp³-hybridized carbons (Fsp3) is 0.263. The van der Waals surface area contributed by atoms with Crippen LogP contribution in [0.15, 0.2) is 53.0 Å². The topological polar surface area (TPSA) is 58.2 Å². The summed E-state index contributed by atoms with van der Waals surface area (Å²) in [6.07, 6.45) is 1.17. The zero-order chi connectivity index (χ0) is 17.2. The molecule has 2 aromatic carbocycles. The second kappa shape index (κ2) is 6.77. The van der Waals surface area contributed by atoms with Crippen LogP contribution in [0.1, 0.15) is 24.0 Å². The van der Waals surface area contributed by atoms with Crippen LogP contribution in [0.5, 0.6) is 0 Å². The number of hydrogen-bond donors (Lipinski definition) is 2. The molecule has 1 saturated carbocycles. The van der Waals surface area contributed by atoms with Crippen LogP contribution in [-0.4, -0.2) is 11.8 Å². The van der Waals surface area contributed by atoms with E-state index in [-0.39, 0.29) is 11.8 Å². The summed E-state index contributed by atoms with van der Waals surface area (Å²) >= 11 is 3.45. The molecule has 0 spiro atoms. The number of anilines is 1. The molecule has 1 fully saturated rings. The Morgan fingerprint density at radius 2 is 1.79 bits per heavy atom. The lowest BCUT2D eigenvalue weighted by Gasteiger charge is -2.16. The Kier molecular flexibility index (Phi) is 4.71. The van der Waals surface area contributed by atoms with E-state index in [0.29, 0.717) is 25.1 Å². The molecular formula is C19H19BrN2O2. The Labute approximate surface area is 149 Å². The maximum Gasteiger partial charge on any atom is 0.240 e. The number of carbonyl (C=O) groups excluding carboxylic acids is 2. The zero-order valence-corrected chi connectivity index (χ0v) is 15.0.